The maximum atomic E-state index is 13.0. The zero-order valence-electron chi connectivity index (χ0n) is 17.6. The average Bonchev–Trinajstić information content (AvgIpc) is 3.27. The molecule has 4 atom stereocenters. The molecule has 2 fully saturated rings. The van der Waals surface area contributed by atoms with E-state index >= 15 is 0 Å². The first-order chi connectivity index (χ1) is 13.8. The molecule has 2 bridgehead atoms. The molecule has 0 spiro atoms. The molecule has 2 aliphatic rings. The van der Waals surface area contributed by atoms with Crippen LogP contribution in [0.2, 0.25) is 0 Å². The summed E-state index contributed by atoms with van der Waals surface area (Å²) in [6.07, 6.45) is 3.19. The van der Waals surface area contributed by atoms with Gasteiger partial charge in [-0.25, -0.2) is 0 Å². The molecule has 0 unspecified atom stereocenters. The summed E-state index contributed by atoms with van der Waals surface area (Å²) in [5.74, 6) is -5.37. The second kappa shape index (κ2) is 9.56. The van der Waals surface area contributed by atoms with Crippen LogP contribution in [0.25, 0.3) is 0 Å². The third-order valence-corrected chi connectivity index (χ3v) is 5.85. The number of hydrogen-bond donors (Lipinski definition) is 1. The van der Waals surface area contributed by atoms with E-state index in [1.807, 2.05) is 13.8 Å². The highest BCUT2D eigenvalue weighted by Crippen LogP contribution is 2.54. The van der Waals surface area contributed by atoms with Gasteiger partial charge < -0.3 is 18.9 Å². The minimum atomic E-state index is -1.54. The van der Waals surface area contributed by atoms with Gasteiger partial charge in [-0.15, -0.1) is 0 Å². The van der Waals surface area contributed by atoms with Gasteiger partial charge in [-0.05, 0) is 25.7 Å². The van der Waals surface area contributed by atoms with Crippen LogP contribution in [0, 0.1) is 11.8 Å². The van der Waals surface area contributed by atoms with Crippen LogP contribution in [-0.4, -0.2) is 62.4 Å². The van der Waals surface area contributed by atoms with Crippen molar-refractivity contribution >= 4 is 23.9 Å². The maximum Gasteiger partial charge on any atom is 0.327 e. The molecule has 0 saturated carbocycles. The average molecular weight is 413 g/mol. The molecule has 1 N–H and O–H groups in total. The van der Waals surface area contributed by atoms with Crippen molar-refractivity contribution in [3.05, 3.63) is 0 Å². The summed E-state index contributed by atoms with van der Waals surface area (Å²) < 4.78 is 20.6. The minimum absolute atomic E-state index is 0.140. The number of carbonyl (C=O) groups is 4. The number of esters is 4. The summed E-state index contributed by atoms with van der Waals surface area (Å²) in [4.78, 5) is 51.5. The van der Waals surface area contributed by atoms with Crippen molar-refractivity contribution in [2.24, 2.45) is 11.8 Å². The number of nitrogens with one attached hydrogen (secondary N) is 1. The summed E-state index contributed by atoms with van der Waals surface area (Å²) in [5.41, 5.74) is -3.08. The Hall–Kier alpha value is -2.16. The summed E-state index contributed by atoms with van der Waals surface area (Å²) in [6.45, 7) is 4.21. The van der Waals surface area contributed by atoms with Crippen LogP contribution in [0.3, 0.4) is 0 Å². The Labute approximate surface area is 170 Å². The fraction of sp³-hybridized carbons (Fsp3) is 0.800. The summed E-state index contributed by atoms with van der Waals surface area (Å²) >= 11 is 0. The number of methoxy groups -OCH3 is 2. The number of fused-ring (bicyclic) bond motifs is 2. The van der Waals surface area contributed by atoms with Gasteiger partial charge >= 0.3 is 23.9 Å². The number of rotatable bonds is 10. The van der Waals surface area contributed by atoms with Gasteiger partial charge in [0.25, 0.3) is 0 Å². The molecule has 9 heteroatoms. The third kappa shape index (κ3) is 3.97. The van der Waals surface area contributed by atoms with E-state index in [1.54, 1.807) is 0 Å². The lowest BCUT2D eigenvalue weighted by Gasteiger charge is -2.35. The summed E-state index contributed by atoms with van der Waals surface area (Å²) in [7, 11) is 2.40. The van der Waals surface area contributed by atoms with Gasteiger partial charge in [0.05, 0.1) is 27.4 Å². The Morgan fingerprint density at radius 1 is 0.793 bits per heavy atom. The lowest BCUT2D eigenvalue weighted by Crippen LogP contribution is -2.54. The standard InChI is InChI=1S/C20H31NO8/c1-5-7-11-28-15(22)13-14(16(23)29-12-8-6-2)20(18(25)27-4)10-9-19(13,21-20)17(24)26-3/h13-14,21H,5-12H2,1-4H3/t13-,14+,19+,20-. The van der Waals surface area contributed by atoms with E-state index < -0.39 is 46.8 Å². The van der Waals surface area contributed by atoms with Crippen LogP contribution in [0.5, 0.6) is 0 Å². The second-order valence-electron chi connectivity index (χ2n) is 7.55. The Balaban J connectivity index is 2.46. The molecule has 0 aromatic carbocycles. The Bertz CT molecular complexity index is 596. The van der Waals surface area contributed by atoms with Crippen molar-refractivity contribution in [3.8, 4) is 0 Å². The fourth-order valence-electron chi connectivity index (χ4n) is 4.37. The van der Waals surface area contributed by atoms with E-state index in [2.05, 4.69) is 5.32 Å². The van der Waals surface area contributed by atoms with Crippen LogP contribution in [0.15, 0.2) is 0 Å². The highest BCUT2D eigenvalue weighted by atomic mass is 16.6. The van der Waals surface area contributed by atoms with Gasteiger partial charge in [-0.3, -0.25) is 24.5 Å². The molecule has 2 aliphatic heterocycles. The molecule has 0 amide bonds. The quantitative estimate of drug-likeness (QED) is 0.319. The number of ether oxygens (including phenoxy) is 4. The zero-order valence-corrected chi connectivity index (χ0v) is 17.6. The smallest absolute Gasteiger partial charge is 0.327 e. The third-order valence-electron chi connectivity index (χ3n) is 5.85. The molecule has 0 aromatic rings. The van der Waals surface area contributed by atoms with Crippen LogP contribution in [0.4, 0.5) is 0 Å². The molecular formula is C20H31NO8. The molecule has 9 nitrogen and oxygen atoms in total. The van der Waals surface area contributed by atoms with E-state index in [0.29, 0.717) is 12.8 Å². The molecule has 0 aliphatic carbocycles. The van der Waals surface area contributed by atoms with Crippen molar-refractivity contribution in [2.75, 3.05) is 27.4 Å². The van der Waals surface area contributed by atoms with E-state index in [9.17, 15) is 19.2 Å². The number of hydrogen-bond acceptors (Lipinski definition) is 9. The lowest BCUT2D eigenvalue weighted by molar-refractivity contribution is -0.172. The number of carbonyl (C=O) groups excluding carboxylic acids is 4. The number of unbranched alkanes of at least 4 members (excludes halogenated alkanes) is 2. The first-order valence-electron chi connectivity index (χ1n) is 10.1. The molecule has 2 heterocycles. The second-order valence-corrected chi connectivity index (χ2v) is 7.55. The minimum Gasteiger partial charge on any atom is -0.468 e. The highest BCUT2D eigenvalue weighted by molar-refractivity contribution is 6.01. The topological polar surface area (TPSA) is 117 Å². The molecule has 2 rings (SSSR count). The van der Waals surface area contributed by atoms with Gasteiger partial charge in [0.2, 0.25) is 0 Å². The van der Waals surface area contributed by atoms with Crippen LogP contribution < -0.4 is 5.32 Å². The van der Waals surface area contributed by atoms with Gasteiger partial charge in [0.15, 0.2) is 0 Å². The van der Waals surface area contributed by atoms with Crippen molar-refractivity contribution in [1.29, 1.82) is 0 Å². The fourth-order valence-corrected chi connectivity index (χ4v) is 4.37. The molecular weight excluding hydrogens is 382 g/mol. The predicted molar refractivity (Wildman–Crippen MR) is 101 cm³/mol. The first-order valence-corrected chi connectivity index (χ1v) is 10.1. The van der Waals surface area contributed by atoms with E-state index in [1.165, 1.54) is 14.2 Å². The van der Waals surface area contributed by atoms with Crippen LogP contribution in [-0.2, 0) is 38.1 Å². The predicted octanol–water partition coefficient (Wildman–Crippen LogP) is 1.13. The van der Waals surface area contributed by atoms with Gasteiger partial charge in [-0.2, -0.15) is 0 Å². The monoisotopic (exact) mass is 413 g/mol. The largest absolute Gasteiger partial charge is 0.468 e. The molecule has 0 aromatic heterocycles. The van der Waals surface area contributed by atoms with Crippen molar-refractivity contribution in [3.63, 3.8) is 0 Å². The van der Waals surface area contributed by atoms with E-state index in [-0.39, 0.29) is 26.1 Å². The lowest BCUT2D eigenvalue weighted by atomic mass is 9.66. The van der Waals surface area contributed by atoms with Crippen molar-refractivity contribution in [1.82, 2.24) is 5.32 Å². The normalized spacial score (nSPS) is 29.9. The summed E-state index contributed by atoms with van der Waals surface area (Å²) in [5, 5.41) is 2.95. The van der Waals surface area contributed by atoms with E-state index in [4.69, 9.17) is 18.9 Å². The van der Waals surface area contributed by atoms with E-state index in [0.717, 1.165) is 12.8 Å². The Morgan fingerprint density at radius 2 is 1.17 bits per heavy atom. The molecule has 164 valence electrons. The van der Waals surface area contributed by atoms with Crippen LogP contribution in [0.1, 0.15) is 52.4 Å². The highest BCUT2D eigenvalue weighted by Gasteiger charge is 2.77. The van der Waals surface area contributed by atoms with Crippen molar-refractivity contribution in [2.45, 2.75) is 63.5 Å². The summed E-state index contributed by atoms with van der Waals surface area (Å²) in [6, 6.07) is 0. The van der Waals surface area contributed by atoms with Gasteiger partial charge in [0, 0.05) is 0 Å². The first kappa shape index (κ1) is 23.1. The maximum absolute atomic E-state index is 13.0. The SMILES string of the molecule is CCCCOC(=O)[C@@H]1[C@H](C(=O)OCCCC)[C@]2(C(=O)OC)CC[C@@]1(C(=O)OC)N2. The Kier molecular flexibility index (Phi) is 7.62. The van der Waals surface area contributed by atoms with Crippen molar-refractivity contribution < 1.29 is 38.1 Å². The molecule has 2 saturated heterocycles. The molecule has 0 radical (unpaired) electrons. The molecule has 29 heavy (non-hydrogen) atoms. The zero-order chi connectivity index (χ0) is 21.7. The van der Waals surface area contributed by atoms with Gasteiger partial charge in [0.1, 0.15) is 22.9 Å². The van der Waals surface area contributed by atoms with Gasteiger partial charge in [-0.1, -0.05) is 26.7 Å². The Morgan fingerprint density at radius 3 is 1.48 bits per heavy atom. The van der Waals surface area contributed by atoms with Crippen LogP contribution >= 0.6 is 0 Å².